The van der Waals surface area contributed by atoms with Crippen LogP contribution in [0.3, 0.4) is 0 Å². The van der Waals surface area contributed by atoms with E-state index in [2.05, 4.69) is 60.9 Å². The molecule has 0 saturated heterocycles. The second-order valence-electron chi connectivity index (χ2n) is 6.09. The lowest BCUT2D eigenvalue weighted by atomic mass is 9.77. The van der Waals surface area contributed by atoms with E-state index >= 15 is 0 Å². The molecule has 3 rings (SSSR count). The average Bonchev–Trinajstić information content (AvgIpc) is 2.89. The van der Waals surface area contributed by atoms with Crippen LogP contribution in [-0.4, -0.2) is 13.1 Å². The summed E-state index contributed by atoms with van der Waals surface area (Å²) in [6, 6.07) is 13.2. The molecule has 2 aromatic rings. The molecule has 0 amide bonds. The quantitative estimate of drug-likeness (QED) is 0.868. The molecule has 0 aliphatic heterocycles. The predicted molar refractivity (Wildman–Crippen MR) is 83.1 cm³/mol. The molecule has 0 saturated carbocycles. The first-order valence-electron chi connectivity index (χ1n) is 6.99. The molecule has 1 N–H and O–H groups in total. The Labute approximate surface area is 119 Å². The van der Waals surface area contributed by atoms with E-state index in [4.69, 9.17) is 0 Å². The fourth-order valence-corrected chi connectivity index (χ4v) is 3.71. The standard InChI is InChI=1S/C17H21NS/c1-17(2,16-8-5-9-19-16)12-18-11-14-10-13-6-3-4-7-15(13)14/h3-9,14,18H,10-12H2,1-2H3. The highest BCUT2D eigenvalue weighted by molar-refractivity contribution is 7.10. The lowest BCUT2D eigenvalue weighted by Crippen LogP contribution is -2.37. The van der Waals surface area contributed by atoms with Crippen molar-refractivity contribution in [2.45, 2.75) is 31.6 Å². The Hall–Kier alpha value is -1.12. The van der Waals surface area contributed by atoms with Crippen molar-refractivity contribution >= 4 is 11.3 Å². The second-order valence-corrected chi connectivity index (χ2v) is 7.04. The van der Waals surface area contributed by atoms with Crippen molar-refractivity contribution in [1.82, 2.24) is 5.32 Å². The highest BCUT2D eigenvalue weighted by Crippen LogP contribution is 2.34. The number of rotatable bonds is 5. The Bertz CT molecular complexity index is 542. The van der Waals surface area contributed by atoms with Crippen LogP contribution in [0, 0.1) is 0 Å². The molecule has 0 spiro atoms. The van der Waals surface area contributed by atoms with Crippen LogP contribution < -0.4 is 5.32 Å². The Morgan fingerprint density at radius 1 is 1.21 bits per heavy atom. The Kier molecular flexibility index (Phi) is 3.46. The van der Waals surface area contributed by atoms with E-state index in [-0.39, 0.29) is 5.41 Å². The summed E-state index contributed by atoms with van der Waals surface area (Å²) in [6.07, 6.45) is 1.24. The zero-order valence-corrected chi connectivity index (χ0v) is 12.5. The maximum Gasteiger partial charge on any atom is 0.0115 e. The van der Waals surface area contributed by atoms with Gasteiger partial charge >= 0.3 is 0 Å². The van der Waals surface area contributed by atoms with Gasteiger partial charge in [-0.25, -0.2) is 0 Å². The molecule has 1 heterocycles. The molecular weight excluding hydrogens is 250 g/mol. The molecule has 1 unspecified atom stereocenters. The van der Waals surface area contributed by atoms with Gasteiger partial charge in [0.2, 0.25) is 0 Å². The number of hydrogen-bond donors (Lipinski definition) is 1. The van der Waals surface area contributed by atoms with Crippen molar-refractivity contribution in [2.24, 2.45) is 0 Å². The highest BCUT2D eigenvalue weighted by atomic mass is 32.1. The smallest absolute Gasteiger partial charge is 0.0115 e. The molecule has 1 aliphatic rings. The summed E-state index contributed by atoms with van der Waals surface area (Å²) in [5.41, 5.74) is 3.31. The summed E-state index contributed by atoms with van der Waals surface area (Å²) in [4.78, 5) is 1.47. The molecule has 1 aromatic carbocycles. The molecule has 1 aliphatic carbocycles. The summed E-state index contributed by atoms with van der Waals surface area (Å²) in [7, 11) is 0. The molecular formula is C17H21NS. The van der Waals surface area contributed by atoms with Crippen molar-refractivity contribution < 1.29 is 0 Å². The number of benzene rings is 1. The molecule has 1 aromatic heterocycles. The predicted octanol–water partition coefficient (Wildman–Crippen LogP) is 3.96. The molecule has 1 nitrogen and oxygen atoms in total. The fraction of sp³-hybridized carbons (Fsp3) is 0.412. The van der Waals surface area contributed by atoms with Crippen LogP contribution in [0.15, 0.2) is 41.8 Å². The largest absolute Gasteiger partial charge is 0.315 e. The summed E-state index contributed by atoms with van der Waals surface area (Å²) >= 11 is 1.86. The number of hydrogen-bond acceptors (Lipinski definition) is 2. The van der Waals surface area contributed by atoms with Gasteiger partial charge in [-0.1, -0.05) is 44.2 Å². The van der Waals surface area contributed by atoms with E-state index in [1.54, 1.807) is 5.56 Å². The first-order chi connectivity index (χ1) is 9.17. The molecule has 0 radical (unpaired) electrons. The van der Waals surface area contributed by atoms with Gasteiger partial charge < -0.3 is 5.32 Å². The third-order valence-electron chi connectivity index (χ3n) is 4.11. The van der Waals surface area contributed by atoms with Crippen LogP contribution in [0.1, 0.15) is 35.8 Å². The number of nitrogens with one attached hydrogen (secondary N) is 1. The summed E-state index contributed by atoms with van der Waals surface area (Å²) in [6.45, 7) is 6.79. The van der Waals surface area contributed by atoms with Gasteiger partial charge in [0, 0.05) is 29.3 Å². The van der Waals surface area contributed by atoms with Crippen LogP contribution in [0.4, 0.5) is 0 Å². The van der Waals surface area contributed by atoms with Crippen molar-refractivity contribution in [1.29, 1.82) is 0 Å². The Morgan fingerprint density at radius 3 is 2.79 bits per heavy atom. The third kappa shape index (κ3) is 2.60. The lowest BCUT2D eigenvalue weighted by molar-refractivity contribution is 0.447. The first-order valence-corrected chi connectivity index (χ1v) is 7.87. The zero-order valence-electron chi connectivity index (χ0n) is 11.6. The molecule has 2 heteroatoms. The van der Waals surface area contributed by atoms with Crippen LogP contribution in [0.25, 0.3) is 0 Å². The van der Waals surface area contributed by atoms with Crippen molar-refractivity contribution in [3.8, 4) is 0 Å². The van der Waals surface area contributed by atoms with Gasteiger partial charge in [0.1, 0.15) is 0 Å². The van der Waals surface area contributed by atoms with Gasteiger partial charge in [-0.2, -0.15) is 0 Å². The molecule has 100 valence electrons. The normalized spacial score (nSPS) is 17.9. The first kappa shape index (κ1) is 12.9. The SMILES string of the molecule is CC(C)(CNCC1Cc2ccccc21)c1cccs1. The zero-order chi connectivity index (χ0) is 13.3. The maximum absolute atomic E-state index is 3.66. The van der Waals surface area contributed by atoms with E-state index in [9.17, 15) is 0 Å². The minimum absolute atomic E-state index is 0.234. The van der Waals surface area contributed by atoms with E-state index < -0.39 is 0 Å². The van der Waals surface area contributed by atoms with Gasteiger partial charge in [-0.15, -0.1) is 11.3 Å². The van der Waals surface area contributed by atoms with Crippen molar-refractivity contribution in [3.63, 3.8) is 0 Å². The van der Waals surface area contributed by atoms with E-state index in [0.717, 1.165) is 19.0 Å². The lowest BCUT2D eigenvalue weighted by Gasteiger charge is -2.32. The van der Waals surface area contributed by atoms with Crippen LogP contribution in [0.2, 0.25) is 0 Å². The van der Waals surface area contributed by atoms with Crippen molar-refractivity contribution in [2.75, 3.05) is 13.1 Å². The average molecular weight is 271 g/mol. The van der Waals surface area contributed by atoms with Gasteiger partial charge in [0.05, 0.1) is 0 Å². The van der Waals surface area contributed by atoms with Gasteiger partial charge in [0.25, 0.3) is 0 Å². The van der Waals surface area contributed by atoms with E-state index in [1.807, 2.05) is 11.3 Å². The minimum Gasteiger partial charge on any atom is -0.315 e. The van der Waals surface area contributed by atoms with Crippen LogP contribution in [-0.2, 0) is 11.8 Å². The van der Waals surface area contributed by atoms with E-state index in [0.29, 0.717) is 0 Å². The Balaban J connectivity index is 1.52. The summed E-state index contributed by atoms with van der Waals surface area (Å²) in [5.74, 6) is 0.718. The van der Waals surface area contributed by atoms with E-state index in [1.165, 1.54) is 16.9 Å². The van der Waals surface area contributed by atoms with Gasteiger partial charge in [0.15, 0.2) is 0 Å². The summed E-state index contributed by atoms with van der Waals surface area (Å²) < 4.78 is 0. The Morgan fingerprint density at radius 2 is 2.05 bits per heavy atom. The second kappa shape index (κ2) is 5.10. The third-order valence-corrected chi connectivity index (χ3v) is 5.34. The monoisotopic (exact) mass is 271 g/mol. The highest BCUT2D eigenvalue weighted by Gasteiger charge is 2.26. The molecule has 19 heavy (non-hydrogen) atoms. The fourth-order valence-electron chi connectivity index (χ4n) is 2.85. The number of thiophene rings is 1. The van der Waals surface area contributed by atoms with Gasteiger partial charge in [-0.3, -0.25) is 0 Å². The minimum atomic E-state index is 0.234. The molecule has 1 atom stereocenters. The van der Waals surface area contributed by atoms with Crippen molar-refractivity contribution in [3.05, 3.63) is 57.8 Å². The topological polar surface area (TPSA) is 12.0 Å². The maximum atomic E-state index is 3.66. The number of fused-ring (bicyclic) bond motifs is 1. The molecule has 0 bridgehead atoms. The molecule has 0 fully saturated rings. The van der Waals surface area contributed by atoms with Crippen LogP contribution in [0.5, 0.6) is 0 Å². The summed E-state index contributed by atoms with van der Waals surface area (Å²) in [5, 5.41) is 5.83. The van der Waals surface area contributed by atoms with Gasteiger partial charge in [-0.05, 0) is 29.0 Å². The van der Waals surface area contributed by atoms with Crippen LogP contribution >= 0.6 is 11.3 Å².